The Kier molecular flexibility index (Phi) is 12.5. The van der Waals surface area contributed by atoms with E-state index in [0.717, 1.165) is 25.7 Å². The highest BCUT2D eigenvalue weighted by Crippen LogP contribution is 2.07. The third-order valence-electron chi connectivity index (χ3n) is 3.41. The van der Waals surface area contributed by atoms with Gasteiger partial charge in [-0.15, -0.1) is 0 Å². The molecule has 0 rings (SSSR count). The zero-order valence-electron chi connectivity index (χ0n) is 16.2. The molecule has 0 saturated carbocycles. The first-order valence-electron chi connectivity index (χ1n) is 8.62. The molecule has 0 amide bonds. The summed E-state index contributed by atoms with van der Waals surface area (Å²) in [6.07, 6.45) is 12.2. The molecule has 0 unspecified atom stereocenters. The van der Waals surface area contributed by atoms with Crippen molar-refractivity contribution in [3.8, 4) is 0 Å². The van der Waals surface area contributed by atoms with Gasteiger partial charge in [-0.25, -0.2) is 0 Å². The molecular formula is C20H34NO3+. The van der Waals surface area contributed by atoms with Crippen molar-refractivity contribution in [3.63, 3.8) is 0 Å². The lowest BCUT2D eigenvalue weighted by atomic mass is 10.1. The summed E-state index contributed by atoms with van der Waals surface area (Å²) in [5.41, 5.74) is 5.05. The van der Waals surface area contributed by atoms with E-state index < -0.39 is 0 Å². The number of hydrogen-bond acceptors (Lipinski definition) is 3. The van der Waals surface area contributed by atoms with E-state index in [-0.39, 0.29) is 18.3 Å². The maximum atomic E-state index is 11.4. The summed E-state index contributed by atoms with van der Waals surface area (Å²) in [6.45, 7) is 12.9. The minimum Gasteiger partial charge on any atom is -0.182 e. The average Bonchev–Trinajstić information content (AvgIpc) is 2.46. The highest BCUT2D eigenvalue weighted by Gasteiger charge is 2.09. The van der Waals surface area contributed by atoms with Crippen molar-refractivity contribution in [1.82, 2.24) is 0 Å². The predicted octanol–water partition coefficient (Wildman–Crippen LogP) is 6.01. The largest absolute Gasteiger partial charge is 0.478 e. The molecule has 4 nitrogen and oxygen atoms in total. The van der Waals surface area contributed by atoms with Crippen LogP contribution < -0.4 is 0 Å². The fraction of sp³-hybridized carbons (Fsp3) is 0.600. The van der Waals surface area contributed by atoms with Crippen LogP contribution in [0, 0.1) is 4.91 Å². The van der Waals surface area contributed by atoms with Crippen molar-refractivity contribution in [2.75, 3.05) is 13.2 Å². The molecule has 0 aromatic heterocycles. The quantitative estimate of drug-likeness (QED) is 0.323. The lowest BCUT2D eigenvalue weighted by Gasteiger charge is -1.98. The van der Waals surface area contributed by atoms with E-state index in [9.17, 15) is 4.91 Å². The first-order chi connectivity index (χ1) is 11.3. The Hall–Kier alpha value is -1.84. The van der Waals surface area contributed by atoms with Crippen molar-refractivity contribution in [2.45, 2.75) is 67.2 Å². The Bertz CT molecular complexity index is 447. The third-order valence-corrected chi connectivity index (χ3v) is 3.41. The summed E-state index contributed by atoms with van der Waals surface area (Å²) in [7, 11) is 0. The molecule has 0 heterocycles. The molecule has 0 fully saturated rings. The molecule has 0 aromatic rings. The maximum Gasteiger partial charge on any atom is 0.478 e. The number of rotatable bonds is 12. The molecule has 0 saturated heterocycles. The summed E-state index contributed by atoms with van der Waals surface area (Å²) >= 11 is 0. The van der Waals surface area contributed by atoms with Crippen LogP contribution in [0.1, 0.15) is 67.2 Å². The van der Waals surface area contributed by atoms with Crippen LogP contribution in [0.15, 0.2) is 46.6 Å². The van der Waals surface area contributed by atoms with E-state index in [0.29, 0.717) is 0 Å². The summed E-state index contributed by atoms with van der Waals surface area (Å²) in [5, 5.41) is 0.194. The van der Waals surface area contributed by atoms with Gasteiger partial charge >= 0.3 is 5.09 Å². The molecule has 24 heavy (non-hydrogen) atoms. The number of nitrogens with zero attached hydrogens (tertiary/aromatic N) is 1. The summed E-state index contributed by atoms with van der Waals surface area (Å²) in [6, 6.07) is 0. The first kappa shape index (κ1) is 22.2. The minimum absolute atomic E-state index is 0.194. The van der Waals surface area contributed by atoms with Gasteiger partial charge in [0, 0.05) is 0 Å². The molecule has 0 radical (unpaired) electrons. The predicted molar refractivity (Wildman–Crippen MR) is 100 cm³/mol. The van der Waals surface area contributed by atoms with Crippen LogP contribution in [0.3, 0.4) is 0 Å². The molecule has 136 valence electrons. The van der Waals surface area contributed by atoms with E-state index in [4.69, 9.17) is 9.68 Å². The molecule has 4 heteroatoms. The molecule has 0 bridgehead atoms. The van der Waals surface area contributed by atoms with Crippen LogP contribution in [0.5, 0.6) is 0 Å². The van der Waals surface area contributed by atoms with Gasteiger partial charge < -0.3 is 0 Å². The Morgan fingerprint density at radius 1 is 0.708 bits per heavy atom. The molecule has 0 aromatic carbocycles. The van der Waals surface area contributed by atoms with E-state index >= 15 is 0 Å². The van der Waals surface area contributed by atoms with Crippen LogP contribution in [-0.2, 0) is 9.68 Å². The topological polar surface area (TPSA) is 38.5 Å². The van der Waals surface area contributed by atoms with Gasteiger partial charge in [0.1, 0.15) is 4.91 Å². The second-order valence-corrected chi connectivity index (χ2v) is 6.56. The Morgan fingerprint density at radius 2 is 1.08 bits per heavy atom. The second-order valence-electron chi connectivity index (χ2n) is 6.56. The zero-order chi connectivity index (χ0) is 18.4. The lowest BCUT2D eigenvalue weighted by Crippen LogP contribution is -2.11. The Balaban J connectivity index is 3.90. The fourth-order valence-corrected chi connectivity index (χ4v) is 1.90. The first-order valence-corrected chi connectivity index (χ1v) is 8.62. The molecule has 0 N–H and O–H groups in total. The van der Waals surface area contributed by atoms with Gasteiger partial charge in [0.2, 0.25) is 0 Å². The standard InChI is InChI=1S/C20H34NO3/c1-17(2)9-7-11-19(5)13-15-23-21(22)24-16-14-20(6)12-8-10-18(3)4/h9-10,13-14H,7-8,11-12,15-16H2,1-6H3/q+1. The minimum atomic E-state index is 0.194. The van der Waals surface area contributed by atoms with Gasteiger partial charge in [0.25, 0.3) is 0 Å². The van der Waals surface area contributed by atoms with Crippen LogP contribution in [0.2, 0.25) is 0 Å². The monoisotopic (exact) mass is 336 g/mol. The number of hydrogen-bond donors (Lipinski definition) is 0. The van der Waals surface area contributed by atoms with E-state index in [1.54, 1.807) is 0 Å². The van der Waals surface area contributed by atoms with Crippen LogP contribution in [0.25, 0.3) is 0 Å². The highest BCUT2D eigenvalue weighted by atomic mass is 17.0. The average molecular weight is 336 g/mol. The molecule has 0 aliphatic heterocycles. The fourth-order valence-electron chi connectivity index (χ4n) is 1.90. The van der Waals surface area contributed by atoms with Crippen molar-refractivity contribution >= 4 is 0 Å². The van der Waals surface area contributed by atoms with Crippen molar-refractivity contribution in [1.29, 1.82) is 0 Å². The second kappa shape index (κ2) is 13.6. The number of allylic oxidation sites excluding steroid dienone is 6. The third kappa shape index (κ3) is 15.1. The maximum absolute atomic E-state index is 11.4. The van der Waals surface area contributed by atoms with Gasteiger partial charge in [0.05, 0.1) is 0 Å². The van der Waals surface area contributed by atoms with E-state index in [1.807, 2.05) is 26.0 Å². The van der Waals surface area contributed by atoms with Gasteiger partial charge in [-0.1, -0.05) is 34.4 Å². The molecule has 0 atom stereocenters. The summed E-state index contributed by atoms with van der Waals surface area (Å²) in [4.78, 5) is 21.3. The molecular weight excluding hydrogens is 302 g/mol. The molecule has 0 spiro atoms. The normalized spacial score (nSPS) is 11.8. The van der Waals surface area contributed by atoms with Gasteiger partial charge in [-0.05, 0) is 79.4 Å². The summed E-state index contributed by atoms with van der Waals surface area (Å²) in [5.74, 6) is 0. The van der Waals surface area contributed by atoms with Crippen LogP contribution >= 0.6 is 0 Å². The lowest BCUT2D eigenvalue weighted by molar-refractivity contribution is -0.978. The highest BCUT2D eigenvalue weighted by molar-refractivity contribution is 5.02. The van der Waals surface area contributed by atoms with Gasteiger partial charge in [-0.3, -0.25) is 0 Å². The molecule has 0 aliphatic rings. The molecule has 0 aliphatic carbocycles. The Labute approximate surface area is 147 Å². The van der Waals surface area contributed by atoms with Crippen LogP contribution in [0.4, 0.5) is 0 Å². The van der Waals surface area contributed by atoms with Gasteiger partial charge in [0.15, 0.2) is 13.2 Å². The van der Waals surface area contributed by atoms with Crippen molar-refractivity contribution in [2.24, 2.45) is 0 Å². The van der Waals surface area contributed by atoms with Crippen molar-refractivity contribution in [3.05, 3.63) is 51.5 Å². The van der Waals surface area contributed by atoms with Crippen molar-refractivity contribution < 1.29 is 14.8 Å². The SMILES string of the molecule is CC(C)=CCCC(C)=CCO[N+](=O)OCC=C(C)CCC=C(C)C. The zero-order valence-corrected chi connectivity index (χ0v) is 16.2. The Morgan fingerprint density at radius 3 is 1.42 bits per heavy atom. The van der Waals surface area contributed by atoms with Crippen LogP contribution in [-0.4, -0.2) is 18.3 Å². The smallest absolute Gasteiger partial charge is 0.182 e. The van der Waals surface area contributed by atoms with Gasteiger partial charge in [-0.2, -0.15) is 9.68 Å². The van der Waals surface area contributed by atoms with E-state index in [2.05, 4.69) is 39.8 Å². The van der Waals surface area contributed by atoms with E-state index in [1.165, 1.54) is 22.3 Å². The summed E-state index contributed by atoms with van der Waals surface area (Å²) < 4.78 is 0.